The van der Waals surface area contributed by atoms with Crippen molar-refractivity contribution in [2.24, 2.45) is 5.41 Å². The zero-order valence-corrected chi connectivity index (χ0v) is 9.98. The summed E-state index contributed by atoms with van der Waals surface area (Å²) < 4.78 is 9.71. The number of hydrogen-bond acceptors (Lipinski definition) is 5. The zero-order chi connectivity index (χ0) is 12.2. The lowest BCUT2D eigenvalue weighted by Crippen LogP contribution is -2.28. The lowest BCUT2D eigenvalue weighted by molar-refractivity contribution is -0.150. The van der Waals surface area contributed by atoms with Crippen molar-refractivity contribution in [3.05, 3.63) is 18.1 Å². The number of ether oxygens (including phenoxy) is 2. The molecule has 5 heteroatoms. The Labute approximate surface area is 94.8 Å². The smallest absolute Gasteiger partial charge is 0.311 e. The fourth-order valence-electron chi connectivity index (χ4n) is 1.32. The SMILES string of the molecule is COC(=O)C(C)(C)Cc1nccc(OC)n1. The molecule has 1 heterocycles. The van der Waals surface area contributed by atoms with Crippen molar-refractivity contribution in [1.29, 1.82) is 0 Å². The standard InChI is InChI=1S/C11H16N2O3/c1-11(2,10(14)16-4)7-8-12-6-5-9(13-8)15-3/h5-6H,7H2,1-4H3. The van der Waals surface area contributed by atoms with Crippen LogP contribution in [0.4, 0.5) is 0 Å². The predicted octanol–water partition coefficient (Wildman–Crippen LogP) is 1.23. The first kappa shape index (κ1) is 12.4. The number of hydrogen-bond donors (Lipinski definition) is 0. The topological polar surface area (TPSA) is 61.3 Å². The summed E-state index contributed by atoms with van der Waals surface area (Å²) in [5, 5.41) is 0. The Balaban J connectivity index is 2.83. The first-order valence-corrected chi connectivity index (χ1v) is 4.94. The van der Waals surface area contributed by atoms with E-state index in [2.05, 4.69) is 9.97 Å². The maximum absolute atomic E-state index is 11.5. The van der Waals surface area contributed by atoms with E-state index in [1.54, 1.807) is 26.1 Å². The van der Waals surface area contributed by atoms with Crippen LogP contribution in [0, 0.1) is 5.41 Å². The van der Waals surface area contributed by atoms with Crippen LogP contribution in [0.2, 0.25) is 0 Å². The molecule has 0 atom stereocenters. The van der Waals surface area contributed by atoms with Gasteiger partial charge in [-0.15, -0.1) is 0 Å². The molecule has 5 nitrogen and oxygen atoms in total. The second-order valence-electron chi connectivity index (χ2n) is 4.07. The lowest BCUT2D eigenvalue weighted by atomic mass is 9.89. The molecule has 0 radical (unpaired) electrons. The van der Waals surface area contributed by atoms with Gasteiger partial charge in [0.15, 0.2) is 0 Å². The van der Waals surface area contributed by atoms with Gasteiger partial charge in [-0.3, -0.25) is 4.79 Å². The quantitative estimate of drug-likeness (QED) is 0.720. The molecule has 0 aliphatic heterocycles. The predicted molar refractivity (Wildman–Crippen MR) is 58.1 cm³/mol. The van der Waals surface area contributed by atoms with E-state index in [9.17, 15) is 4.79 Å². The van der Waals surface area contributed by atoms with Gasteiger partial charge in [0, 0.05) is 18.7 Å². The number of rotatable bonds is 4. The summed E-state index contributed by atoms with van der Waals surface area (Å²) in [6.07, 6.45) is 2.02. The minimum Gasteiger partial charge on any atom is -0.481 e. The molecule has 0 bridgehead atoms. The molecule has 0 aromatic carbocycles. The maximum Gasteiger partial charge on any atom is 0.311 e. The van der Waals surface area contributed by atoms with Crippen molar-refractivity contribution >= 4 is 5.97 Å². The largest absolute Gasteiger partial charge is 0.481 e. The van der Waals surface area contributed by atoms with E-state index in [0.29, 0.717) is 18.1 Å². The van der Waals surface area contributed by atoms with Crippen molar-refractivity contribution in [1.82, 2.24) is 9.97 Å². The molecule has 0 N–H and O–H groups in total. The summed E-state index contributed by atoms with van der Waals surface area (Å²) in [4.78, 5) is 19.7. The van der Waals surface area contributed by atoms with Gasteiger partial charge in [-0.2, -0.15) is 4.98 Å². The molecule has 0 saturated heterocycles. The number of nitrogens with zero attached hydrogens (tertiary/aromatic N) is 2. The number of aromatic nitrogens is 2. The Hall–Kier alpha value is -1.65. The van der Waals surface area contributed by atoms with E-state index in [4.69, 9.17) is 9.47 Å². The third-order valence-electron chi connectivity index (χ3n) is 2.23. The van der Waals surface area contributed by atoms with Gasteiger partial charge < -0.3 is 9.47 Å². The highest BCUT2D eigenvalue weighted by Gasteiger charge is 2.30. The average Bonchev–Trinajstić information content (AvgIpc) is 2.27. The zero-order valence-electron chi connectivity index (χ0n) is 9.98. The van der Waals surface area contributed by atoms with Crippen LogP contribution in [-0.2, 0) is 16.0 Å². The monoisotopic (exact) mass is 224 g/mol. The minimum absolute atomic E-state index is 0.279. The molecule has 1 rings (SSSR count). The summed E-state index contributed by atoms with van der Waals surface area (Å²) in [5.74, 6) is 0.777. The second kappa shape index (κ2) is 4.92. The van der Waals surface area contributed by atoms with Gasteiger partial charge in [-0.25, -0.2) is 4.98 Å². The molecule has 0 amide bonds. The highest BCUT2D eigenvalue weighted by atomic mass is 16.5. The van der Waals surface area contributed by atoms with Crippen LogP contribution in [0.25, 0.3) is 0 Å². The van der Waals surface area contributed by atoms with E-state index in [0.717, 1.165) is 0 Å². The van der Waals surface area contributed by atoms with Crippen LogP contribution in [-0.4, -0.2) is 30.2 Å². The Morgan fingerprint density at radius 2 is 2.12 bits per heavy atom. The number of methoxy groups -OCH3 is 2. The van der Waals surface area contributed by atoms with E-state index < -0.39 is 5.41 Å². The van der Waals surface area contributed by atoms with Crippen LogP contribution in [0.15, 0.2) is 12.3 Å². The van der Waals surface area contributed by atoms with E-state index >= 15 is 0 Å². The molecule has 1 aromatic rings. The molecule has 0 spiro atoms. The van der Waals surface area contributed by atoms with Gasteiger partial charge in [-0.05, 0) is 13.8 Å². The van der Waals surface area contributed by atoms with Gasteiger partial charge in [0.1, 0.15) is 5.82 Å². The first-order chi connectivity index (χ1) is 7.49. The molecular formula is C11H16N2O3. The maximum atomic E-state index is 11.5. The molecule has 0 saturated carbocycles. The molecule has 0 aliphatic rings. The highest BCUT2D eigenvalue weighted by Crippen LogP contribution is 2.22. The second-order valence-corrected chi connectivity index (χ2v) is 4.07. The van der Waals surface area contributed by atoms with Crippen LogP contribution in [0.3, 0.4) is 0 Å². The number of esters is 1. The summed E-state index contributed by atoms with van der Waals surface area (Å²) in [6.45, 7) is 3.59. The summed E-state index contributed by atoms with van der Waals surface area (Å²) in [6, 6.07) is 1.66. The molecule has 0 unspecified atom stereocenters. The van der Waals surface area contributed by atoms with Gasteiger partial charge in [0.2, 0.25) is 5.88 Å². The van der Waals surface area contributed by atoms with Gasteiger partial charge >= 0.3 is 5.97 Å². The summed E-state index contributed by atoms with van der Waals surface area (Å²) in [7, 11) is 2.91. The molecule has 16 heavy (non-hydrogen) atoms. The molecular weight excluding hydrogens is 208 g/mol. The normalized spacial score (nSPS) is 11.0. The summed E-state index contributed by atoms with van der Waals surface area (Å²) >= 11 is 0. The van der Waals surface area contributed by atoms with Crippen LogP contribution in [0.5, 0.6) is 5.88 Å². The van der Waals surface area contributed by atoms with Crippen LogP contribution < -0.4 is 4.74 Å². The van der Waals surface area contributed by atoms with Gasteiger partial charge in [0.25, 0.3) is 0 Å². The van der Waals surface area contributed by atoms with Crippen molar-refractivity contribution in [3.63, 3.8) is 0 Å². The van der Waals surface area contributed by atoms with E-state index in [1.807, 2.05) is 0 Å². The Morgan fingerprint density at radius 3 is 2.69 bits per heavy atom. The van der Waals surface area contributed by atoms with E-state index in [1.165, 1.54) is 14.2 Å². The molecule has 0 aliphatic carbocycles. The fourth-order valence-corrected chi connectivity index (χ4v) is 1.32. The third kappa shape index (κ3) is 2.92. The Kier molecular flexibility index (Phi) is 3.82. The van der Waals surface area contributed by atoms with Crippen molar-refractivity contribution in [2.45, 2.75) is 20.3 Å². The van der Waals surface area contributed by atoms with Crippen molar-refractivity contribution in [2.75, 3.05) is 14.2 Å². The average molecular weight is 224 g/mol. The highest BCUT2D eigenvalue weighted by molar-refractivity contribution is 5.75. The van der Waals surface area contributed by atoms with Crippen LogP contribution in [0.1, 0.15) is 19.7 Å². The Morgan fingerprint density at radius 1 is 1.44 bits per heavy atom. The van der Waals surface area contributed by atoms with Crippen molar-refractivity contribution < 1.29 is 14.3 Å². The third-order valence-corrected chi connectivity index (χ3v) is 2.23. The lowest BCUT2D eigenvalue weighted by Gasteiger charge is -2.20. The molecule has 88 valence electrons. The van der Waals surface area contributed by atoms with Crippen LogP contribution >= 0.6 is 0 Å². The molecule has 0 fully saturated rings. The fraction of sp³-hybridized carbons (Fsp3) is 0.545. The summed E-state index contributed by atoms with van der Waals surface area (Å²) in [5.41, 5.74) is -0.638. The van der Waals surface area contributed by atoms with Crippen molar-refractivity contribution in [3.8, 4) is 5.88 Å². The first-order valence-electron chi connectivity index (χ1n) is 4.94. The van der Waals surface area contributed by atoms with Gasteiger partial charge in [-0.1, -0.05) is 0 Å². The molecule has 1 aromatic heterocycles. The Bertz CT molecular complexity index is 377. The van der Waals surface area contributed by atoms with E-state index in [-0.39, 0.29) is 5.97 Å². The number of carbonyl (C=O) groups is 1. The number of carbonyl (C=O) groups excluding carboxylic acids is 1. The van der Waals surface area contributed by atoms with Gasteiger partial charge in [0.05, 0.1) is 19.6 Å². The minimum atomic E-state index is -0.638.